The molecule has 0 spiro atoms. The molecule has 0 aliphatic carbocycles. The molecule has 2 unspecified atom stereocenters. The molecule has 0 bridgehead atoms. The van der Waals surface area contributed by atoms with Crippen LogP contribution in [0.1, 0.15) is 25.5 Å². The maximum absolute atomic E-state index is 12.1. The van der Waals surface area contributed by atoms with Crippen LogP contribution in [0.2, 0.25) is 5.02 Å². The first-order valence-electron chi connectivity index (χ1n) is 7.77. The molecule has 1 aliphatic rings. The predicted octanol–water partition coefficient (Wildman–Crippen LogP) is 2.95. The van der Waals surface area contributed by atoms with Crippen molar-refractivity contribution < 1.29 is 4.79 Å². The molecule has 0 radical (unpaired) electrons. The molecule has 0 saturated carbocycles. The number of benzene rings is 1. The van der Waals surface area contributed by atoms with Crippen LogP contribution in [0.25, 0.3) is 11.3 Å². The molecule has 1 aromatic heterocycles. The summed E-state index contributed by atoms with van der Waals surface area (Å²) in [6.45, 7) is 3.97. The number of aromatic nitrogens is 2. The average molecular weight is 344 g/mol. The Bertz CT molecular complexity index is 810. The molecule has 1 aliphatic heterocycles. The first-order valence-corrected chi connectivity index (χ1v) is 8.15. The summed E-state index contributed by atoms with van der Waals surface area (Å²) in [4.78, 5) is 16.3. The van der Waals surface area contributed by atoms with Crippen LogP contribution < -0.4 is 10.6 Å². The summed E-state index contributed by atoms with van der Waals surface area (Å²) in [5.41, 5.74) is 3.03. The van der Waals surface area contributed by atoms with Gasteiger partial charge in [0.1, 0.15) is 0 Å². The highest BCUT2D eigenvalue weighted by Gasteiger charge is 2.30. The summed E-state index contributed by atoms with van der Waals surface area (Å²) >= 11 is 6.37. The van der Waals surface area contributed by atoms with E-state index in [4.69, 9.17) is 16.9 Å². The zero-order chi connectivity index (χ0) is 17.3. The van der Waals surface area contributed by atoms with Gasteiger partial charge in [-0.1, -0.05) is 23.7 Å². The van der Waals surface area contributed by atoms with Crippen LogP contribution in [0.4, 0.5) is 4.79 Å². The van der Waals surface area contributed by atoms with Crippen LogP contribution in [0, 0.1) is 17.2 Å². The summed E-state index contributed by atoms with van der Waals surface area (Å²) in [6, 6.07) is 7.27. The van der Waals surface area contributed by atoms with Crippen LogP contribution in [0.15, 0.2) is 30.7 Å². The minimum Gasteiger partial charge on any atom is -0.336 e. The first-order chi connectivity index (χ1) is 11.5. The molecule has 124 valence electrons. The third kappa shape index (κ3) is 2.83. The molecule has 2 amide bonds. The monoisotopic (exact) mass is 343 g/mol. The molecule has 6 nitrogen and oxygen atoms in total. The molecule has 2 N–H and O–H groups in total. The lowest BCUT2D eigenvalue weighted by Crippen LogP contribution is -2.44. The zero-order valence-corrected chi connectivity index (χ0v) is 14.2. The van der Waals surface area contributed by atoms with Gasteiger partial charge in [0, 0.05) is 28.7 Å². The summed E-state index contributed by atoms with van der Waals surface area (Å²) < 4.78 is 2.01. The number of imidazole rings is 1. The van der Waals surface area contributed by atoms with Crippen LogP contribution >= 0.6 is 11.6 Å². The second kappa shape index (κ2) is 6.54. The second-order valence-electron chi connectivity index (χ2n) is 5.96. The van der Waals surface area contributed by atoms with Gasteiger partial charge in [-0.3, -0.25) is 0 Å². The maximum Gasteiger partial charge on any atom is 0.315 e. The Balaban J connectivity index is 1.73. The van der Waals surface area contributed by atoms with Crippen molar-refractivity contribution in [1.29, 1.82) is 5.26 Å². The number of rotatable bonds is 4. The number of hydrogen-bond donors (Lipinski definition) is 2. The van der Waals surface area contributed by atoms with Crippen molar-refractivity contribution in [1.82, 2.24) is 20.2 Å². The largest absolute Gasteiger partial charge is 0.336 e. The van der Waals surface area contributed by atoms with Crippen molar-refractivity contribution in [2.24, 2.45) is 5.92 Å². The van der Waals surface area contributed by atoms with E-state index in [1.54, 1.807) is 19.4 Å². The molecule has 2 aromatic rings. The number of nitriles is 1. The SMILES string of the molecule is CC(NC(=O)NCC1c2c(Cl)cccc2-c2cncn21)[C@H](C)C#N. The molecule has 0 saturated heterocycles. The van der Waals surface area contributed by atoms with Crippen molar-refractivity contribution in [2.45, 2.75) is 25.9 Å². The predicted molar refractivity (Wildman–Crippen MR) is 91.6 cm³/mol. The molecule has 1 aromatic carbocycles. The van der Waals surface area contributed by atoms with Crippen molar-refractivity contribution in [2.75, 3.05) is 6.54 Å². The van der Waals surface area contributed by atoms with E-state index in [0.717, 1.165) is 16.8 Å². The quantitative estimate of drug-likeness (QED) is 0.895. The molecule has 3 rings (SSSR count). The van der Waals surface area contributed by atoms with E-state index in [1.165, 1.54) is 0 Å². The van der Waals surface area contributed by atoms with E-state index in [1.807, 2.05) is 29.7 Å². The van der Waals surface area contributed by atoms with Gasteiger partial charge in [-0.25, -0.2) is 9.78 Å². The molecule has 3 atom stereocenters. The average Bonchev–Trinajstić information content (AvgIpc) is 3.14. The lowest BCUT2D eigenvalue weighted by atomic mass is 10.0. The molecule has 24 heavy (non-hydrogen) atoms. The van der Waals surface area contributed by atoms with Crippen LogP contribution in [-0.4, -0.2) is 28.2 Å². The summed E-state index contributed by atoms with van der Waals surface area (Å²) in [6.07, 6.45) is 3.54. The number of urea groups is 1. The van der Waals surface area contributed by atoms with Crippen LogP contribution in [-0.2, 0) is 0 Å². The number of halogens is 1. The molecule has 7 heteroatoms. The molecular formula is C17H18ClN5O. The lowest BCUT2D eigenvalue weighted by Gasteiger charge is -2.19. The highest BCUT2D eigenvalue weighted by Crippen LogP contribution is 2.42. The van der Waals surface area contributed by atoms with Crippen LogP contribution in [0.3, 0.4) is 0 Å². The number of carbonyl (C=O) groups is 1. The third-order valence-corrected chi connectivity index (χ3v) is 4.76. The fraction of sp³-hybridized carbons (Fsp3) is 0.353. The number of nitrogens with zero attached hydrogens (tertiary/aromatic N) is 3. The fourth-order valence-electron chi connectivity index (χ4n) is 2.88. The normalized spacial score (nSPS) is 17.3. The van der Waals surface area contributed by atoms with Crippen molar-refractivity contribution in [3.05, 3.63) is 41.3 Å². The van der Waals surface area contributed by atoms with E-state index in [0.29, 0.717) is 11.6 Å². The number of carbonyl (C=O) groups excluding carboxylic acids is 1. The second-order valence-corrected chi connectivity index (χ2v) is 6.37. The third-order valence-electron chi connectivity index (χ3n) is 4.43. The number of fused-ring (bicyclic) bond motifs is 3. The Morgan fingerprint density at radius 1 is 1.50 bits per heavy atom. The highest BCUT2D eigenvalue weighted by molar-refractivity contribution is 6.32. The first kappa shape index (κ1) is 16.3. The fourth-order valence-corrected chi connectivity index (χ4v) is 3.18. The standard InChI is InChI=1S/C17H18ClN5O/c1-10(6-19)11(2)22-17(24)21-8-15-16-12(4-3-5-13(16)18)14-7-20-9-23(14)15/h3-5,7,9-11,15H,8H2,1-2H3,(H2,21,22,24)/t10-,11?,15?/m1/s1. The van der Waals surface area contributed by atoms with Crippen molar-refractivity contribution in [3.63, 3.8) is 0 Å². The Morgan fingerprint density at radius 2 is 2.29 bits per heavy atom. The van der Waals surface area contributed by atoms with Crippen LogP contribution in [0.5, 0.6) is 0 Å². The molecule has 0 fully saturated rings. The Kier molecular flexibility index (Phi) is 4.45. The Hall–Kier alpha value is -2.52. The topological polar surface area (TPSA) is 82.7 Å². The van der Waals surface area contributed by atoms with E-state index in [-0.39, 0.29) is 24.0 Å². The minimum absolute atomic E-state index is 0.0966. The van der Waals surface area contributed by atoms with Gasteiger partial charge >= 0.3 is 6.03 Å². The van der Waals surface area contributed by atoms with Crippen molar-refractivity contribution >= 4 is 17.6 Å². The summed E-state index contributed by atoms with van der Waals surface area (Å²) in [7, 11) is 0. The van der Waals surface area contributed by atoms with Gasteiger partial charge in [-0.05, 0) is 19.9 Å². The molecular weight excluding hydrogens is 326 g/mol. The van der Waals surface area contributed by atoms with Gasteiger partial charge < -0.3 is 15.2 Å². The van der Waals surface area contributed by atoms with E-state index in [2.05, 4.69) is 21.7 Å². The number of nitrogens with one attached hydrogen (secondary N) is 2. The lowest BCUT2D eigenvalue weighted by molar-refractivity contribution is 0.234. The van der Waals surface area contributed by atoms with Gasteiger partial charge in [-0.15, -0.1) is 0 Å². The number of hydrogen-bond acceptors (Lipinski definition) is 3. The van der Waals surface area contributed by atoms with Gasteiger partial charge in [0.15, 0.2) is 0 Å². The Morgan fingerprint density at radius 3 is 3.04 bits per heavy atom. The molecule has 2 heterocycles. The van der Waals surface area contributed by atoms with Gasteiger partial charge in [0.2, 0.25) is 0 Å². The van der Waals surface area contributed by atoms with Gasteiger partial charge in [0.25, 0.3) is 0 Å². The smallest absolute Gasteiger partial charge is 0.315 e. The van der Waals surface area contributed by atoms with E-state index < -0.39 is 0 Å². The van der Waals surface area contributed by atoms with E-state index in [9.17, 15) is 4.79 Å². The zero-order valence-electron chi connectivity index (χ0n) is 13.5. The number of amides is 2. The Labute approximate surface area is 145 Å². The van der Waals surface area contributed by atoms with Gasteiger partial charge in [-0.2, -0.15) is 5.26 Å². The minimum atomic E-state index is -0.299. The van der Waals surface area contributed by atoms with Crippen molar-refractivity contribution in [3.8, 4) is 17.3 Å². The van der Waals surface area contributed by atoms with E-state index >= 15 is 0 Å². The highest BCUT2D eigenvalue weighted by atomic mass is 35.5. The maximum atomic E-state index is 12.1. The summed E-state index contributed by atoms with van der Waals surface area (Å²) in [5.74, 6) is -0.252. The summed E-state index contributed by atoms with van der Waals surface area (Å²) in [5, 5.41) is 15.2. The van der Waals surface area contributed by atoms with Gasteiger partial charge in [0.05, 0.1) is 36.2 Å².